The van der Waals surface area contributed by atoms with Crippen molar-refractivity contribution in [2.24, 2.45) is 0 Å². The number of nitrogens with zero attached hydrogens (tertiary/aromatic N) is 1. The number of para-hydroxylation sites is 1. The van der Waals surface area contributed by atoms with E-state index in [0.717, 1.165) is 10.9 Å². The summed E-state index contributed by atoms with van der Waals surface area (Å²) >= 11 is 0. The lowest BCUT2D eigenvalue weighted by molar-refractivity contribution is -0.149. The van der Waals surface area contributed by atoms with Gasteiger partial charge in [0.2, 0.25) is 0 Å². The molecule has 1 N–H and O–H groups in total. The van der Waals surface area contributed by atoms with Gasteiger partial charge in [0.05, 0.1) is 11.3 Å². The first kappa shape index (κ1) is 19.6. The maximum atomic E-state index is 11.9. The summed E-state index contributed by atoms with van der Waals surface area (Å²) in [6, 6.07) is 14.7. The van der Waals surface area contributed by atoms with Gasteiger partial charge in [0.1, 0.15) is 17.4 Å². The summed E-state index contributed by atoms with van der Waals surface area (Å²) in [6.45, 7) is 0.842. The second kappa shape index (κ2) is 8.71. The van der Waals surface area contributed by atoms with E-state index in [-0.39, 0.29) is 0 Å². The van der Waals surface area contributed by atoms with E-state index in [4.69, 9.17) is 19.2 Å². The van der Waals surface area contributed by atoms with Gasteiger partial charge >= 0.3 is 11.6 Å². The minimum Gasteiger partial charge on any atom is -0.482 e. The Labute approximate surface area is 165 Å². The minimum atomic E-state index is -0.750. The molecule has 8 heteroatoms. The van der Waals surface area contributed by atoms with Gasteiger partial charge in [-0.15, -0.1) is 0 Å². The van der Waals surface area contributed by atoms with Crippen molar-refractivity contribution in [1.29, 1.82) is 5.26 Å². The van der Waals surface area contributed by atoms with Crippen molar-refractivity contribution < 1.29 is 23.5 Å². The van der Waals surface area contributed by atoms with E-state index in [0.29, 0.717) is 22.6 Å². The predicted molar refractivity (Wildman–Crippen MR) is 103 cm³/mol. The summed E-state index contributed by atoms with van der Waals surface area (Å²) in [5.74, 6) is -1.01. The number of nitriles is 1. The van der Waals surface area contributed by atoms with Crippen LogP contribution in [-0.2, 0) is 14.3 Å². The molecule has 146 valence electrons. The highest BCUT2D eigenvalue weighted by Gasteiger charge is 2.11. The third-order valence-electron chi connectivity index (χ3n) is 3.97. The molecule has 0 unspecified atom stereocenters. The van der Waals surface area contributed by atoms with Crippen LogP contribution in [0.15, 0.2) is 57.7 Å². The molecule has 2 aromatic carbocycles. The van der Waals surface area contributed by atoms with Crippen molar-refractivity contribution >= 4 is 28.5 Å². The minimum absolute atomic E-state index is 0.300. The van der Waals surface area contributed by atoms with Gasteiger partial charge in [0.15, 0.2) is 13.2 Å². The molecular weight excluding hydrogens is 376 g/mol. The fourth-order valence-electron chi connectivity index (χ4n) is 2.60. The van der Waals surface area contributed by atoms with E-state index in [2.05, 4.69) is 5.32 Å². The van der Waals surface area contributed by atoms with Gasteiger partial charge in [-0.2, -0.15) is 5.26 Å². The van der Waals surface area contributed by atoms with Crippen molar-refractivity contribution in [1.82, 2.24) is 0 Å². The Bertz CT molecular complexity index is 1180. The summed E-state index contributed by atoms with van der Waals surface area (Å²) in [5, 5.41) is 12.3. The summed E-state index contributed by atoms with van der Waals surface area (Å²) < 4.78 is 15.3. The normalized spacial score (nSPS) is 10.2. The standard InChI is InChI=1S/C21H16N2O6/c1-13-8-20(25)29-18-9-15(6-7-16(13)18)27-12-21(26)28-11-19(24)23-17-5-3-2-4-14(17)10-22/h2-9H,11-12H2,1H3,(H,23,24). The number of aryl methyl sites for hydroxylation is 1. The lowest BCUT2D eigenvalue weighted by Gasteiger charge is -2.09. The Hall–Kier alpha value is -4.12. The summed E-state index contributed by atoms with van der Waals surface area (Å²) in [7, 11) is 0. The van der Waals surface area contributed by atoms with Gasteiger partial charge in [-0.1, -0.05) is 12.1 Å². The zero-order chi connectivity index (χ0) is 20.8. The molecule has 0 aliphatic rings. The van der Waals surface area contributed by atoms with Crippen LogP contribution in [-0.4, -0.2) is 25.1 Å². The summed E-state index contributed by atoms with van der Waals surface area (Å²) in [4.78, 5) is 35.2. The number of benzene rings is 2. The van der Waals surface area contributed by atoms with Crippen LogP contribution in [0.3, 0.4) is 0 Å². The van der Waals surface area contributed by atoms with Crippen LogP contribution in [0.25, 0.3) is 11.0 Å². The smallest absolute Gasteiger partial charge is 0.344 e. The van der Waals surface area contributed by atoms with Crippen LogP contribution in [0, 0.1) is 18.3 Å². The fraction of sp³-hybridized carbons (Fsp3) is 0.143. The molecule has 8 nitrogen and oxygen atoms in total. The number of anilines is 1. The van der Waals surface area contributed by atoms with E-state index in [9.17, 15) is 14.4 Å². The number of hydrogen-bond donors (Lipinski definition) is 1. The summed E-state index contributed by atoms with van der Waals surface area (Å²) in [6.07, 6.45) is 0. The van der Waals surface area contributed by atoms with Gasteiger partial charge in [-0.25, -0.2) is 9.59 Å². The third kappa shape index (κ3) is 4.99. The SMILES string of the molecule is Cc1cc(=O)oc2cc(OCC(=O)OCC(=O)Nc3ccccc3C#N)ccc12. The van der Waals surface area contributed by atoms with Gasteiger partial charge in [0, 0.05) is 17.5 Å². The van der Waals surface area contributed by atoms with Gasteiger partial charge in [-0.3, -0.25) is 4.79 Å². The average Bonchev–Trinajstić information content (AvgIpc) is 2.70. The molecule has 1 heterocycles. The van der Waals surface area contributed by atoms with Crippen molar-refractivity contribution in [2.75, 3.05) is 18.5 Å². The number of amides is 1. The molecule has 0 spiro atoms. The van der Waals surface area contributed by atoms with Crippen LogP contribution in [0.4, 0.5) is 5.69 Å². The van der Waals surface area contributed by atoms with E-state index < -0.39 is 30.7 Å². The zero-order valence-electron chi connectivity index (χ0n) is 15.4. The Morgan fingerprint density at radius 2 is 1.93 bits per heavy atom. The molecule has 3 aromatic rings. The van der Waals surface area contributed by atoms with E-state index in [1.165, 1.54) is 12.1 Å². The second-order valence-corrected chi connectivity index (χ2v) is 6.06. The van der Waals surface area contributed by atoms with Crippen LogP contribution < -0.4 is 15.7 Å². The highest BCUT2D eigenvalue weighted by atomic mass is 16.6. The number of rotatable bonds is 6. The van der Waals surface area contributed by atoms with Crippen molar-refractivity contribution in [3.05, 3.63) is 70.1 Å². The predicted octanol–water partition coefficient (Wildman–Crippen LogP) is 2.53. The van der Waals surface area contributed by atoms with Crippen molar-refractivity contribution in [3.8, 4) is 11.8 Å². The maximum absolute atomic E-state index is 11.9. The molecule has 0 saturated carbocycles. The van der Waals surface area contributed by atoms with Gasteiger partial charge in [0.25, 0.3) is 5.91 Å². The largest absolute Gasteiger partial charge is 0.482 e. The van der Waals surface area contributed by atoms with Crippen LogP contribution >= 0.6 is 0 Å². The first-order valence-electron chi connectivity index (χ1n) is 8.58. The Morgan fingerprint density at radius 3 is 2.72 bits per heavy atom. The van der Waals surface area contributed by atoms with E-state index in [1.807, 2.05) is 6.07 Å². The highest BCUT2D eigenvalue weighted by Crippen LogP contribution is 2.22. The highest BCUT2D eigenvalue weighted by molar-refractivity contribution is 5.94. The topological polar surface area (TPSA) is 119 Å². The van der Waals surface area contributed by atoms with Gasteiger partial charge < -0.3 is 19.2 Å². The van der Waals surface area contributed by atoms with E-state index >= 15 is 0 Å². The number of carbonyl (C=O) groups is 2. The molecular formula is C21H16N2O6. The van der Waals surface area contributed by atoms with E-state index in [1.54, 1.807) is 43.3 Å². The number of nitrogens with one attached hydrogen (secondary N) is 1. The van der Waals surface area contributed by atoms with Crippen LogP contribution in [0.1, 0.15) is 11.1 Å². The van der Waals surface area contributed by atoms with Crippen molar-refractivity contribution in [2.45, 2.75) is 6.92 Å². The molecule has 29 heavy (non-hydrogen) atoms. The monoisotopic (exact) mass is 392 g/mol. The Kier molecular flexibility index (Phi) is 5.90. The quantitative estimate of drug-likeness (QED) is 0.506. The molecule has 3 rings (SSSR count). The lowest BCUT2D eigenvalue weighted by Crippen LogP contribution is -2.24. The molecule has 0 fully saturated rings. The third-order valence-corrected chi connectivity index (χ3v) is 3.97. The molecule has 0 atom stereocenters. The zero-order valence-corrected chi connectivity index (χ0v) is 15.4. The number of ether oxygens (including phenoxy) is 2. The Balaban J connectivity index is 1.52. The summed E-state index contributed by atoms with van der Waals surface area (Å²) in [5.41, 5.74) is 1.27. The number of carbonyl (C=O) groups excluding carboxylic acids is 2. The molecule has 0 bridgehead atoms. The number of hydrogen-bond acceptors (Lipinski definition) is 7. The molecule has 0 aliphatic heterocycles. The molecule has 0 aliphatic carbocycles. The number of esters is 1. The lowest BCUT2D eigenvalue weighted by atomic mass is 10.1. The fourth-order valence-corrected chi connectivity index (χ4v) is 2.60. The molecule has 1 aromatic heterocycles. The number of fused-ring (bicyclic) bond motifs is 1. The van der Waals surface area contributed by atoms with Crippen LogP contribution in [0.2, 0.25) is 0 Å². The van der Waals surface area contributed by atoms with Crippen molar-refractivity contribution in [3.63, 3.8) is 0 Å². The Morgan fingerprint density at radius 1 is 1.14 bits per heavy atom. The first-order valence-corrected chi connectivity index (χ1v) is 8.58. The van der Waals surface area contributed by atoms with Gasteiger partial charge in [-0.05, 0) is 36.8 Å². The molecule has 1 amide bonds. The first-order chi connectivity index (χ1) is 14.0. The maximum Gasteiger partial charge on any atom is 0.344 e. The van der Waals surface area contributed by atoms with Crippen LogP contribution in [0.5, 0.6) is 5.75 Å². The molecule has 0 saturated heterocycles. The second-order valence-electron chi connectivity index (χ2n) is 6.06. The average molecular weight is 392 g/mol. The molecule has 0 radical (unpaired) electrons.